The van der Waals surface area contributed by atoms with Crippen LogP contribution in [0.2, 0.25) is 0 Å². The van der Waals surface area contributed by atoms with Gasteiger partial charge in [0, 0.05) is 18.2 Å². The Morgan fingerprint density at radius 3 is 2.60 bits per heavy atom. The van der Waals surface area contributed by atoms with E-state index in [2.05, 4.69) is 19.0 Å². The minimum Gasteiger partial charge on any atom is -0.497 e. The van der Waals surface area contributed by atoms with Gasteiger partial charge in [-0.25, -0.2) is 32.9 Å². The third kappa shape index (κ3) is 7.77. The first-order valence-electron chi connectivity index (χ1n) is 13.6. The number of aliphatic hydroxyl groups is 1. The number of aromatic nitrogens is 3. The summed E-state index contributed by atoms with van der Waals surface area (Å²) in [6.45, 7) is -0.887. The van der Waals surface area contributed by atoms with E-state index in [4.69, 9.17) is 39.4 Å². The second-order valence-electron chi connectivity index (χ2n) is 10.5. The molecule has 3 aromatic rings. The van der Waals surface area contributed by atoms with Crippen LogP contribution in [0.1, 0.15) is 36.6 Å². The fourth-order valence-corrected chi connectivity index (χ4v) is 6.32. The summed E-state index contributed by atoms with van der Waals surface area (Å²) in [6, 6.07) is 4.51. The first-order valence-corrected chi connectivity index (χ1v) is 16.6. The molecule has 3 heterocycles. The van der Waals surface area contributed by atoms with Gasteiger partial charge in [0.25, 0.3) is 12.0 Å². The number of hydrogen-bond acceptors (Lipinski definition) is 15. The SMILES string of the molecule is COc1ccc(C2(OCc3cn([C@H]4CC(O)[C@@H](COP(=O)(O)OC(OP(=O)(O)O)C(=O)O)O4)c4ncnc(N)c34)CC2)c([N+](=O)[O-])c1. The van der Waals surface area contributed by atoms with Crippen LogP contribution in [-0.4, -0.2) is 82.5 Å². The molecule has 2 aliphatic rings. The summed E-state index contributed by atoms with van der Waals surface area (Å²) >= 11 is 0. The van der Waals surface area contributed by atoms with Crippen LogP contribution in [0, 0.1) is 10.1 Å². The van der Waals surface area contributed by atoms with Crippen molar-refractivity contribution in [2.45, 2.75) is 56.2 Å². The second-order valence-corrected chi connectivity index (χ2v) is 13.1. The highest BCUT2D eigenvalue weighted by Crippen LogP contribution is 2.53. The monoisotopic (exact) mass is 705 g/mol. The normalized spacial score (nSPS) is 22.5. The van der Waals surface area contributed by atoms with Crippen molar-refractivity contribution in [2.24, 2.45) is 0 Å². The molecule has 1 aliphatic carbocycles. The van der Waals surface area contributed by atoms with Crippen molar-refractivity contribution in [3.8, 4) is 5.75 Å². The summed E-state index contributed by atoms with van der Waals surface area (Å²) in [5, 5.41) is 31.8. The van der Waals surface area contributed by atoms with Gasteiger partial charge < -0.3 is 49.4 Å². The molecule has 0 bridgehead atoms. The third-order valence-corrected chi connectivity index (χ3v) is 8.80. The minimum absolute atomic E-state index is 0.0709. The van der Waals surface area contributed by atoms with E-state index in [9.17, 15) is 34.0 Å². The Morgan fingerprint density at radius 1 is 1.26 bits per heavy atom. The molecule has 2 fully saturated rings. The topological polar surface area (TPSA) is 308 Å². The molecule has 2 aromatic heterocycles. The molecule has 21 nitrogen and oxygen atoms in total. The van der Waals surface area contributed by atoms with Crippen molar-refractivity contribution in [3.63, 3.8) is 0 Å². The highest BCUT2D eigenvalue weighted by Gasteiger charge is 2.50. The average molecular weight is 705 g/mol. The quantitative estimate of drug-likeness (QED) is 0.0564. The van der Waals surface area contributed by atoms with Crippen LogP contribution < -0.4 is 10.5 Å². The van der Waals surface area contributed by atoms with Gasteiger partial charge in [0.05, 0.1) is 48.4 Å². The average Bonchev–Trinajstić information content (AvgIpc) is 3.55. The van der Waals surface area contributed by atoms with Crippen LogP contribution in [0.4, 0.5) is 11.5 Å². The van der Waals surface area contributed by atoms with E-state index in [-0.39, 0.29) is 30.2 Å². The summed E-state index contributed by atoms with van der Waals surface area (Å²) in [5.41, 5.74) is 6.24. The van der Waals surface area contributed by atoms with Crippen LogP contribution >= 0.6 is 15.6 Å². The van der Waals surface area contributed by atoms with Crippen LogP contribution in [0.15, 0.2) is 30.7 Å². The van der Waals surface area contributed by atoms with Crippen LogP contribution in [0.3, 0.4) is 0 Å². The number of carboxylic acids is 1. The zero-order valence-corrected chi connectivity index (χ0v) is 26.0. The lowest BCUT2D eigenvalue weighted by Gasteiger charge is -2.20. The number of phosphoric acid groups is 2. The maximum Gasteiger partial charge on any atom is 0.475 e. The number of aliphatic carboxylic acids is 1. The fourth-order valence-electron chi connectivity index (χ4n) is 5.10. The molecule has 1 aromatic carbocycles. The Balaban J connectivity index is 1.31. The number of nitro benzene ring substituents is 1. The summed E-state index contributed by atoms with van der Waals surface area (Å²) in [7, 11) is -9.34. The first-order chi connectivity index (χ1) is 22.0. The number of fused-ring (bicyclic) bond motifs is 1. The van der Waals surface area contributed by atoms with E-state index in [1.165, 1.54) is 24.1 Å². The second kappa shape index (κ2) is 13.1. The van der Waals surface area contributed by atoms with E-state index >= 15 is 0 Å². The Labute approximate surface area is 263 Å². The van der Waals surface area contributed by atoms with E-state index in [0.29, 0.717) is 35.1 Å². The molecule has 5 rings (SSSR count). The van der Waals surface area contributed by atoms with Gasteiger partial charge in [-0.05, 0) is 25.0 Å². The number of hydrogen-bond donors (Lipinski definition) is 6. The smallest absolute Gasteiger partial charge is 0.475 e. The number of aliphatic hydroxyl groups excluding tert-OH is 1. The van der Waals surface area contributed by atoms with Gasteiger partial charge in [0.1, 0.15) is 41.5 Å². The Kier molecular flexibility index (Phi) is 9.71. The van der Waals surface area contributed by atoms with E-state index in [1.54, 1.807) is 18.3 Å². The molecule has 1 saturated heterocycles. The molecule has 0 amide bonds. The number of carboxylic acid groups (broad SMARTS) is 1. The number of ether oxygens (including phenoxy) is 3. The lowest BCUT2D eigenvalue weighted by atomic mass is 10.0. The number of rotatable bonds is 15. The minimum atomic E-state index is -5.43. The lowest BCUT2D eigenvalue weighted by molar-refractivity contribution is -0.386. The zero-order valence-electron chi connectivity index (χ0n) is 24.2. The molecule has 1 aliphatic heterocycles. The highest BCUT2D eigenvalue weighted by atomic mass is 31.2. The summed E-state index contributed by atoms with van der Waals surface area (Å²) < 4.78 is 54.8. The number of methoxy groups -OCH3 is 1. The zero-order chi connectivity index (χ0) is 34.3. The Bertz CT molecular complexity index is 1780. The molecule has 7 N–H and O–H groups in total. The van der Waals surface area contributed by atoms with Gasteiger partial charge in [-0.3, -0.25) is 14.6 Å². The fraction of sp³-hybridized carbons (Fsp3) is 0.458. The van der Waals surface area contributed by atoms with Crippen molar-refractivity contribution in [3.05, 3.63) is 52.0 Å². The molecule has 1 saturated carbocycles. The van der Waals surface area contributed by atoms with E-state index in [0.717, 1.165) is 0 Å². The van der Waals surface area contributed by atoms with Crippen LogP contribution in [0.25, 0.3) is 11.0 Å². The first kappa shape index (κ1) is 34.7. The predicted octanol–water partition coefficient (Wildman–Crippen LogP) is 1.44. The maximum atomic E-state index is 12.3. The van der Waals surface area contributed by atoms with Crippen molar-refractivity contribution in [2.75, 3.05) is 19.5 Å². The molecule has 0 spiro atoms. The maximum absolute atomic E-state index is 12.3. The Morgan fingerprint density at radius 2 is 1.98 bits per heavy atom. The standard InChI is InChI=1S/C24H29N5O16P2/c1-40-13-2-3-14(15(6-13)29(33)34)24(4-5-24)41-9-12-8-28(21-19(12)20(25)26-11-27-21)18-7-16(30)17(43-18)10-42-47(38,39)45-23(22(31)32)44-46(35,36)37/h2-3,6,8,11,16-18,23,30H,4-5,7,9-10H2,1H3,(H,31,32)(H,38,39)(H2,25,26,27)(H2,35,36,37)/t16?,17-,18-,23?/m1/s1. The van der Waals surface area contributed by atoms with Crippen molar-refractivity contribution >= 4 is 44.2 Å². The number of nitro groups is 1. The van der Waals surface area contributed by atoms with Gasteiger partial charge in [-0.2, -0.15) is 0 Å². The summed E-state index contributed by atoms with van der Waals surface area (Å²) in [4.78, 5) is 58.3. The predicted molar refractivity (Wildman–Crippen MR) is 153 cm³/mol. The molecule has 3 unspecified atom stereocenters. The van der Waals surface area contributed by atoms with Crippen molar-refractivity contribution < 1.29 is 71.5 Å². The van der Waals surface area contributed by atoms with Crippen molar-refractivity contribution in [1.29, 1.82) is 0 Å². The van der Waals surface area contributed by atoms with Crippen LogP contribution in [-0.2, 0) is 49.2 Å². The molecular weight excluding hydrogens is 676 g/mol. The molecular formula is C24H29N5O16P2. The number of benzene rings is 1. The van der Waals surface area contributed by atoms with Gasteiger partial charge in [0.15, 0.2) is 0 Å². The van der Waals surface area contributed by atoms with Gasteiger partial charge >= 0.3 is 21.6 Å². The van der Waals surface area contributed by atoms with Gasteiger partial charge in [-0.15, -0.1) is 0 Å². The lowest BCUT2D eigenvalue weighted by Crippen LogP contribution is -2.28. The van der Waals surface area contributed by atoms with Crippen LogP contribution in [0.5, 0.6) is 5.75 Å². The van der Waals surface area contributed by atoms with Gasteiger partial charge in [-0.1, -0.05) is 0 Å². The van der Waals surface area contributed by atoms with Gasteiger partial charge in [0.2, 0.25) is 0 Å². The molecule has 5 atom stereocenters. The number of anilines is 1. The number of nitrogen functional groups attached to an aromatic ring is 1. The summed E-state index contributed by atoms with van der Waals surface area (Å²) in [6.07, 6.45) is -2.61. The number of carbonyl (C=O) groups is 1. The van der Waals surface area contributed by atoms with E-state index in [1.807, 2.05) is 0 Å². The highest BCUT2D eigenvalue weighted by molar-refractivity contribution is 7.47. The third-order valence-electron chi connectivity index (χ3n) is 7.40. The van der Waals surface area contributed by atoms with Crippen molar-refractivity contribution in [1.82, 2.24) is 14.5 Å². The Hall–Kier alpha value is -3.59. The molecule has 256 valence electrons. The number of phosphoric ester groups is 2. The molecule has 47 heavy (non-hydrogen) atoms. The largest absolute Gasteiger partial charge is 0.497 e. The summed E-state index contributed by atoms with van der Waals surface area (Å²) in [5.74, 6) is -1.71. The number of nitrogens with two attached hydrogens (primary N) is 1. The number of nitrogens with zero attached hydrogens (tertiary/aromatic N) is 4. The molecule has 0 radical (unpaired) electrons. The van der Waals surface area contributed by atoms with E-state index < -0.39 is 63.5 Å². The molecule has 23 heteroatoms.